The van der Waals surface area contributed by atoms with Crippen molar-refractivity contribution < 1.29 is 0 Å². The zero-order chi connectivity index (χ0) is 13.7. The van der Waals surface area contributed by atoms with E-state index in [-0.39, 0.29) is 0 Å². The van der Waals surface area contributed by atoms with Crippen molar-refractivity contribution in [2.24, 2.45) is 16.8 Å². The number of likely N-dealkylation sites (tertiary alicyclic amines) is 1. The lowest BCUT2D eigenvalue weighted by Crippen LogP contribution is -2.47. The summed E-state index contributed by atoms with van der Waals surface area (Å²) in [5.41, 5.74) is 0. The molecule has 0 saturated carbocycles. The lowest BCUT2D eigenvalue weighted by molar-refractivity contribution is 0.265. The van der Waals surface area contributed by atoms with E-state index in [1.54, 1.807) is 0 Å². The summed E-state index contributed by atoms with van der Waals surface area (Å²) in [6.45, 7) is 14.5. The van der Waals surface area contributed by atoms with Crippen molar-refractivity contribution in [1.82, 2.24) is 15.5 Å². The van der Waals surface area contributed by atoms with Crippen molar-refractivity contribution in [3.8, 4) is 0 Å². The van der Waals surface area contributed by atoms with Crippen LogP contribution in [0.3, 0.4) is 0 Å². The Kier molecular flexibility index (Phi) is 5.93. The van der Waals surface area contributed by atoms with Gasteiger partial charge in [-0.25, -0.2) is 0 Å². The smallest absolute Gasteiger partial charge is 0.191 e. The summed E-state index contributed by atoms with van der Waals surface area (Å²) in [6, 6.07) is 1.13. The van der Waals surface area contributed by atoms with Gasteiger partial charge in [-0.2, -0.15) is 0 Å². The Balaban J connectivity index is 2.45. The number of nitrogens with one attached hydrogen (secondary N) is 2. The summed E-state index contributed by atoms with van der Waals surface area (Å²) >= 11 is 0. The topological polar surface area (TPSA) is 39.7 Å². The van der Waals surface area contributed by atoms with Crippen LogP contribution in [0.15, 0.2) is 4.99 Å². The van der Waals surface area contributed by atoms with Crippen LogP contribution in [0.4, 0.5) is 0 Å². The minimum absolute atomic E-state index is 0.505. The lowest BCUT2D eigenvalue weighted by Gasteiger charge is -2.22. The Morgan fingerprint density at radius 1 is 1.28 bits per heavy atom. The van der Waals surface area contributed by atoms with Crippen LogP contribution in [-0.2, 0) is 0 Å². The fourth-order valence-corrected chi connectivity index (χ4v) is 2.28. The Bertz CT molecular complexity index is 273. The molecule has 0 spiro atoms. The molecule has 1 fully saturated rings. The molecule has 0 aromatic heterocycles. The van der Waals surface area contributed by atoms with Crippen molar-refractivity contribution in [3.05, 3.63) is 0 Å². The standard InChI is InChI=1S/C14H30N4/c1-10(2)7-16-14(15-6)17-13-9-18(11(3)4)8-12(13)5/h10-13H,7-9H2,1-6H3,(H2,15,16,17). The molecule has 0 aromatic rings. The van der Waals surface area contributed by atoms with Gasteiger partial charge in [-0.3, -0.25) is 9.89 Å². The number of aliphatic imine (C=N–C) groups is 1. The van der Waals surface area contributed by atoms with Crippen molar-refractivity contribution in [2.45, 2.75) is 46.7 Å². The highest BCUT2D eigenvalue weighted by atomic mass is 15.3. The molecule has 1 heterocycles. The van der Waals surface area contributed by atoms with E-state index >= 15 is 0 Å². The largest absolute Gasteiger partial charge is 0.356 e. The van der Waals surface area contributed by atoms with Gasteiger partial charge >= 0.3 is 0 Å². The van der Waals surface area contributed by atoms with Gasteiger partial charge in [-0.15, -0.1) is 0 Å². The van der Waals surface area contributed by atoms with E-state index in [9.17, 15) is 0 Å². The average Bonchev–Trinajstić information content (AvgIpc) is 2.66. The van der Waals surface area contributed by atoms with Crippen LogP contribution >= 0.6 is 0 Å². The molecule has 4 heteroatoms. The van der Waals surface area contributed by atoms with Gasteiger partial charge in [-0.1, -0.05) is 20.8 Å². The van der Waals surface area contributed by atoms with Gasteiger partial charge in [0.15, 0.2) is 5.96 Å². The van der Waals surface area contributed by atoms with Crippen molar-refractivity contribution in [2.75, 3.05) is 26.7 Å². The highest BCUT2D eigenvalue weighted by molar-refractivity contribution is 5.80. The molecular weight excluding hydrogens is 224 g/mol. The zero-order valence-electron chi connectivity index (χ0n) is 12.8. The average molecular weight is 254 g/mol. The number of nitrogens with zero attached hydrogens (tertiary/aromatic N) is 2. The fraction of sp³-hybridized carbons (Fsp3) is 0.929. The summed E-state index contributed by atoms with van der Waals surface area (Å²) in [5, 5.41) is 6.93. The Morgan fingerprint density at radius 2 is 1.94 bits per heavy atom. The van der Waals surface area contributed by atoms with Gasteiger partial charge in [-0.05, 0) is 25.7 Å². The third-order valence-electron chi connectivity index (χ3n) is 3.59. The van der Waals surface area contributed by atoms with E-state index in [1.807, 2.05) is 7.05 Å². The van der Waals surface area contributed by atoms with Gasteiger partial charge in [0, 0.05) is 38.8 Å². The molecule has 2 unspecified atom stereocenters. The van der Waals surface area contributed by atoms with Crippen LogP contribution in [0.2, 0.25) is 0 Å². The molecule has 2 atom stereocenters. The van der Waals surface area contributed by atoms with Crippen LogP contribution in [-0.4, -0.2) is 49.6 Å². The molecule has 1 saturated heterocycles. The molecule has 106 valence electrons. The second-order valence-electron chi connectivity index (χ2n) is 6.12. The number of hydrogen-bond acceptors (Lipinski definition) is 2. The monoisotopic (exact) mass is 254 g/mol. The highest BCUT2D eigenvalue weighted by Gasteiger charge is 2.31. The quantitative estimate of drug-likeness (QED) is 0.590. The maximum atomic E-state index is 4.30. The van der Waals surface area contributed by atoms with Gasteiger partial charge in [0.25, 0.3) is 0 Å². The molecule has 18 heavy (non-hydrogen) atoms. The first kappa shape index (κ1) is 15.3. The minimum Gasteiger partial charge on any atom is -0.356 e. The first-order valence-electron chi connectivity index (χ1n) is 7.15. The normalized spacial score (nSPS) is 26.1. The third kappa shape index (κ3) is 4.48. The van der Waals surface area contributed by atoms with Crippen LogP contribution in [0.1, 0.15) is 34.6 Å². The summed E-state index contributed by atoms with van der Waals surface area (Å²) in [5.74, 6) is 2.24. The second kappa shape index (κ2) is 6.98. The van der Waals surface area contributed by atoms with E-state index in [2.05, 4.69) is 55.1 Å². The summed E-state index contributed by atoms with van der Waals surface area (Å²) < 4.78 is 0. The van der Waals surface area contributed by atoms with Crippen LogP contribution < -0.4 is 10.6 Å². The Morgan fingerprint density at radius 3 is 2.39 bits per heavy atom. The molecule has 2 N–H and O–H groups in total. The molecule has 1 rings (SSSR count). The number of rotatable bonds is 4. The van der Waals surface area contributed by atoms with Gasteiger partial charge in [0.2, 0.25) is 0 Å². The number of guanidine groups is 1. The van der Waals surface area contributed by atoms with Crippen molar-refractivity contribution in [3.63, 3.8) is 0 Å². The maximum absolute atomic E-state index is 4.30. The maximum Gasteiger partial charge on any atom is 0.191 e. The van der Waals surface area contributed by atoms with Crippen molar-refractivity contribution in [1.29, 1.82) is 0 Å². The molecule has 0 radical (unpaired) electrons. The number of hydrogen-bond donors (Lipinski definition) is 2. The molecule has 0 aromatic carbocycles. The van der Waals surface area contributed by atoms with Gasteiger partial charge in [0.1, 0.15) is 0 Å². The van der Waals surface area contributed by atoms with Crippen LogP contribution in [0.5, 0.6) is 0 Å². The Labute approximate surface area is 112 Å². The molecule has 0 amide bonds. The van der Waals surface area contributed by atoms with Crippen molar-refractivity contribution >= 4 is 5.96 Å². The SMILES string of the molecule is CN=C(NCC(C)C)NC1CN(C(C)C)CC1C. The predicted octanol–water partition coefficient (Wildman–Crippen LogP) is 1.54. The third-order valence-corrected chi connectivity index (χ3v) is 3.59. The van der Waals surface area contributed by atoms with E-state index in [4.69, 9.17) is 0 Å². The summed E-state index contributed by atoms with van der Waals surface area (Å²) in [7, 11) is 1.84. The van der Waals surface area contributed by atoms with Gasteiger partial charge in [0.05, 0.1) is 0 Å². The zero-order valence-corrected chi connectivity index (χ0v) is 12.8. The summed E-state index contributed by atoms with van der Waals surface area (Å²) in [4.78, 5) is 6.83. The minimum atomic E-state index is 0.505. The van der Waals surface area contributed by atoms with E-state index in [0.29, 0.717) is 23.9 Å². The van der Waals surface area contributed by atoms with E-state index < -0.39 is 0 Å². The lowest BCUT2D eigenvalue weighted by atomic mass is 10.1. The van der Waals surface area contributed by atoms with E-state index in [0.717, 1.165) is 19.0 Å². The molecule has 1 aliphatic heterocycles. The van der Waals surface area contributed by atoms with Crippen LogP contribution in [0, 0.1) is 11.8 Å². The second-order valence-corrected chi connectivity index (χ2v) is 6.12. The fourth-order valence-electron chi connectivity index (χ4n) is 2.28. The van der Waals surface area contributed by atoms with E-state index in [1.165, 1.54) is 6.54 Å². The Hall–Kier alpha value is -0.770. The molecule has 1 aliphatic rings. The first-order chi connectivity index (χ1) is 8.43. The molecule has 0 bridgehead atoms. The molecule has 0 aliphatic carbocycles. The first-order valence-corrected chi connectivity index (χ1v) is 7.15. The molecule has 4 nitrogen and oxygen atoms in total. The predicted molar refractivity (Wildman–Crippen MR) is 79.0 cm³/mol. The highest BCUT2D eigenvalue weighted by Crippen LogP contribution is 2.18. The van der Waals surface area contributed by atoms with Gasteiger partial charge < -0.3 is 10.6 Å². The molecular formula is C14H30N4. The van der Waals surface area contributed by atoms with Crippen LogP contribution in [0.25, 0.3) is 0 Å². The summed E-state index contributed by atoms with van der Waals surface area (Å²) in [6.07, 6.45) is 0.